The van der Waals surface area contributed by atoms with Gasteiger partial charge in [0.2, 0.25) is 0 Å². The van der Waals surface area contributed by atoms with Gasteiger partial charge in [0.15, 0.2) is 0 Å². The van der Waals surface area contributed by atoms with Gasteiger partial charge in [-0.1, -0.05) is 0 Å². The maximum absolute atomic E-state index is 9.24. The summed E-state index contributed by atoms with van der Waals surface area (Å²) < 4.78 is 0. The molecular weight excluding hydrogens is 148 g/mol. The Morgan fingerprint density at radius 1 is 1.36 bits per heavy atom. The largest absolute Gasteiger partial charge is 0.391 e. The smallest absolute Gasteiger partial charge is 0.142 e. The summed E-state index contributed by atoms with van der Waals surface area (Å²) in [5.74, 6) is 0. The maximum Gasteiger partial charge on any atom is 0.142 e. The number of rotatable bonds is 0. The first-order valence-corrected chi connectivity index (χ1v) is 3.56. The lowest BCUT2D eigenvalue weighted by molar-refractivity contribution is -0.130. The van der Waals surface area contributed by atoms with E-state index in [4.69, 9.17) is 21.7 Å². The van der Waals surface area contributed by atoms with E-state index in [-0.39, 0.29) is 12.8 Å². The van der Waals surface area contributed by atoms with E-state index in [2.05, 4.69) is 0 Å². The zero-order valence-corrected chi connectivity index (χ0v) is 6.14. The van der Waals surface area contributed by atoms with Gasteiger partial charge in [-0.3, -0.25) is 0 Å². The summed E-state index contributed by atoms with van der Waals surface area (Å²) in [6, 6.07) is -0.492. The Morgan fingerprint density at radius 2 is 1.91 bits per heavy atom. The topological polar surface area (TPSA) is 113 Å². The Balaban J connectivity index is 2.63. The van der Waals surface area contributed by atoms with Crippen LogP contribution in [0.15, 0.2) is 0 Å². The summed E-state index contributed by atoms with van der Waals surface area (Å²) >= 11 is 0. The van der Waals surface area contributed by atoms with E-state index in [1.165, 1.54) is 0 Å². The molecule has 0 aromatic heterocycles. The number of hydrogen-bond donors (Lipinski definition) is 5. The van der Waals surface area contributed by atoms with Crippen LogP contribution in [0.5, 0.6) is 0 Å². The van der Waals surface area contributed by atoms with Gasteiger partial charge in [0.25, 0.3) is 0 Å². The van der Waals surface area contributed by atoms with Crippen LogP contribution >= 0.6 is 0 Å². The fourth-order valence-corrected chi connectivity index (χ4v) is 1.24. The molecule has 0 aromatic rings. The van der Waals surface area contributed by atoms with Gasteiger partial charge in [-0.2, -0.15) is 0 Å². The van der Waals surface area contributed by atoms with Crippen molar-refractivity contribution in [3.63, 3.8) is 0 Å². The van der Waals surface area contributed by atoms with Crippen molar-refractivity contribution in [2.45, 2.75) is 36.8 Å². The molecule has 1 aliphatic carbocycles. The summed E-state index contributed by atoms with van der Waals surface area (Å²) in [4.78, 5) is 0. The third kappa shape index (κ3) is 1.69. The van der Waals surface area contributed by atoms with E-state index in [0.717, 1.165) is 0 Å². The molecule has 4 atom stereocenters. The number of hydrogen-bond acceptors (Lipinski definition) is 5. The van der Waals surface area contributed by atoms with E-state index in [1.54, 1.807) is 0 Å². The lowest BCUT2D eigenvalue weighted by atomic mass is 9.84. The van der Waals surface area contributed by atoms with Crippen molar-refractivity contribution in [3.8, 4) is 0 Å². The van der Waals surface area contributed by atoms with Crippen molar-refractivity contribution in [3.05, 3.63) is 0 Å². The predicted molar refractivity (Wildman–Crippen MR) is 38.4 cm³/mol. The van der Waals surface area contributed by atoms with Crippen molar-refractivity contribution in [2.75, 3.05) is 0 Å². The van der Waals surface area contributed by atoms with E-state index in [0.29, 0.717) is 0 Å². The van der Waals surface area contributed by atoms with E-state index in [9.17, 15) is 5.11 Å². The van der Waals surface area contributed by atoms with Gasteiger partial charge < -0.3 is 26.8 Å². The summed E-state index contributed by atoms with van der Waals surface area (Å²) in [5.41, 5.74) is 8.99. The second-order valence-electron chi connectivity index (χ2n) is 3.18. The first-order chi connectivity index (χ1) is 4.93. The average molecular weight is 162 g/mol. The number of aliphatic hydroxyl groups excluding tert-OH is 2. The monoisotopic (exact) mass is 162 g/mol. The minimum absolute atomic E-state index is 0.0741. The Kier molecular flexibility index (Phi) is 2.17. The third-order valence-corrected chi connectivity index (χ3v) is 2.10. The van der Waals surface area contributed by atoms with Crippen LogP contribution in [0.3, 0.4) is 0 Å². The van der Waals surface area contributed by atoms with Gasteiger partial charge in [-0.25, -0.2) is 0 Å². The molecule has 0 amide bonds. The molecule has 11 heavy (non-hydrogen) atoms. The van der Waals surface area contributed by atoms with Crippen LogP contribution in [0, 0.1) is 0 Å². The van der Waals surface area contributed by atoms with Crippen LogP contribution in [0.1, 0.15) is 12.8 Å². The van der Waals surface area contributed by atoms with E-state index < -0.39 is 24.0 Å². The molecule has 5 nitrogen and oxygen atoms in total. The molecule has 5 heteroatoms. The molecule has 4 unspecified atom stereocenters. The molecule has 0 spiro atoms. The third-order valence-electron chi connectivity index (χ3n) is 2.10. The predicted octanol–water partition coefficient (Wildman–Crippen LogP) is -2.52. The van der Waals surface area contributed by atoms with Crippen molar-refractivity contribution < 1.29 is 15.3 Å². The van der Waals surface area contributed by atoms with Gasteiger partial charge >= 0.3 is 0 Å². The van der Waals surface area contributed by atoms with Crippen LogP contribution in [-0.2, 0) is 0 Å². The second-order valence-corrected chi connectivity index (χ2v) is 3.18. The normalized spacial score (nSPS) is 52.6. The highest BCUT2D eigenvalue weighted by atomic mass is 16.4. The highest BCUT2D eigenvalue weighted by Crippen LogP contribution is 2.23. The van der Waals surface area contributed by atoms with E-state index in [1.807, 2.05) is 0 Å². The molecule has 1 rings (SSSR count). The standard InChI is InChI=1S/C6H14N2O3/c7-3-1-5(10)6(8,11)2-4(3)9/h3-5,9-11H,1-2,7-8H2. The maximum atomic E-state index is 9.24. The molecule has 1 fully saturated rings. The number of aliphatic hydroxyl groups is 3. The Hall–Kier alpha value is -0.200. The first kappa shape index (κ1) is 8.89. The summed E-state index contributed by atoms with van der Waals surface area (Å²) in [6.07, 6.45) is -1.81. The lowest BCUT2D eigenvalue weighted by Crippen LogP contribution is -2.61. The van der Waals surface area contributed by atoms with Crippen molar-refractivity contribution in [1.82, 2.24) is 0 Å². The molecule has 7 N–H and O–H groups in total. The van der Waals surface area contributed by atoms with Gasteiger partial charge in [-0.15, -0.1) is 0 Å². The van der Waals surface area contributed by atoms with Crippen LogP contribution < -0.4 is 11.5 Å². The molecule has 0 bridgehead atoms. The van der Waals surface area contributed by atoms with Crippen molar-refractivity contribution in [1.29, 1.82) is 0 Å². The van der Waals surface area contributed by atoms with E-state index >= 15 is 0 Å². The molecule has 0 saturated heterocycles. The summed E-state index contributed by atoms with van der Waals surface area (Å²) in [5, 5.41) is 27.6. The highest BCUT2D eigenvalue weighted by Gasteiger charge is 2.41. The highest BCUT2D eigenvalue weighted by molar-refractivity contribution is 4.94. The quantitative estimate of drug-likeness (QED) is 0.252. The molecule has 1 aliphatic rings. The Bertz CT molecular complexity index is 151. The van der Waals surface area contributed by atoms with Gasteiger partial charge in [-0.05, 0) is 6.42 Å². The zero-order valence-electron chi connectivity index (χ0n) is 6.14. The fraction of sp³-hybridized carbons (Fsp3) is 1.00. The number of nitrogens with two attached hydrogens (primary N) is 2. The minimum atomic E-state index is -1.69. The zero-order chi connectivity index (χ0) is 8.65. The lowest BCUT2D eigenvalue weighted by Gasteiger charge is -2.38. The SMILES string of the molecule is NC1CC(O)C(N)(O)CC1O. The Labute approximate surface area is 64.6 Å². The average Bonchev–Trinajstić information content (AvgIpc) is 1.83. The molecule has 0 aromatic carbocycles. The summed E-state index contributed by atoms with van der Waals surface area (Å²) in [7, 11) is 0. The minimum Gasteiger partial charge on any atom is -0.391 e. The van der Waals surface area contributed by atoms with Gasteiger partial charge in [0, 0.05) is 12.5 Å². The summed E-state index contributed by atoms with van der Waals surface area (Å²) in [6.45, 7) is 0. The molecule has 66 valence electrons. The molecule has 1 saturated carbocycles. The molecule has 0 aliphatic heterocycles. The van der Waals surface area contributed by atoms with Crippen molar-refractivity contribution in [2.24, 2.45) is 11.5 Å². The van der Waals surface area contributed by atoms with Gasteiger partial charge in [0.05, 0.1) is 12.2 Å². The Morgan fingerprint density at radius 3 is 2.36 bits per heavy atom. The van der Waals surface area contributed by atoms with Crippen LogP contribution in [0.2, 0.25) is 0 Å². The van der Waals surface area contributed by atoms with Crippen molar-refractivity contribution >= 4 is 0 Å². The molecular formula is C6H14N2O3. The van der Waals surface area contributed by atoms with Crippen LogP contribution in [0.25, 0.3) is 0 Å². The van der Waals surface area contributed by atoms with Crippen LogP contribution in [0.4, 0.5) is 0 Å². The van der Waals surface area contributed by atoms with Crippen LogP contribution in [-0.4, -0.2) is 39.3 Å². The van der Waals surface area contributed by atoms with Gasteiger partial charge in [0.1, 0.15) is 5.72 Å². The fourth-order valence-electron chi connectivity index (χ4n) is 1.24. The second kappa shape index (κ2) is 2.69. The molecule has 0 radical (unpaired) electrons. The first-order valence-electron chi connectivity index (χ1n) is 3.56. The molecule has 0 heterocycles.